The van der Waals surface area contributed by atoms with Crippen molar-refractivity contribution in [2.75, 3.05) is 7.11 Å². The van der Waals surface area contributed by atoms with Crippen molar-refractivity contribution in [2.45, 2.75) is 6.36 Å². The average molecular weight is 291 g/mol. The number of nitroso groups, excluding NO2 is 1. The molecule has 0 bridgehead atoms. The summed E-state index contributed by atoms with van der Waals surface area (Å²) in [7, 11) is 1.06. The van der Waals surface area contributed by atoms with E-state index in [0.29, 0.717) is 6.20 Å². The zero-order valence-electron chi connectivity index (χ0n) is 10.0. The maximum Gasteiger partial charge on any atom is 0.573 e. The Morgan fingerprint density at radius 3 is 2.20 bits per heavy atom. The maximum atomic E-state index is 11.9. The normalized spacial score (nSPS) is 11.7. The van der Waals surface area contributed by atoms with Crippen LogP contribution in [0.15, 0.2) is 41.4 Å². The highest BCUT2D eigenvalue weighted by molar-refractivity contribution is 5.86. The van der Waals surface area contributed by atoms with Gasteiger partial charge in [-0.05, 0) is 29.4 Å². The molecule has 0 fully saturated rings. The molecule has 108 valence electrons. The second-order valence-electron chi connectivity index (χ2n) is 3.21. The molecule has 0 aromatic heterocycles. The molecule has 0 radical (unpaired) electrons. The van der Waals surface area contributed by atoms with E-state index in [0.717, 1.165) is 31.4 Å². The Hall–Kier alpha value is -2.58. The molecule has 0 spiro atoms. The summed E-state index contributed by atoms with van der Waals surface area (Å²) in [5.41, 5.74) is 0. The van der Waals surface area contributed by atoms with Gasteiger partial charge in [-0.25, -0.2) is 4.79 Å². The van der Waals surface area contributed by atoms with E-state index in [9.17, 15) is 22.9 Å². The highest BCUT2D eigenvalue weighted by Gasteiger charge is 2.31. The van der Waals surface area contributed by atoms with Crippen LogP contribution in [0.5, 0.6) is 11.5 Å². The van der Waals surface area contributed by atoms with Crippen LogP contribution < -0.4 is 9.47 Å². The summed E-state index contributed by atoms with van der Waals surface area (Å²) < 4.78 is 48.7. The van der Waals surface area contributed by atoms with Crippen molar-refractivity contribution in [1.29, 1.82) is 0 Å². The van der Waals surface area contributed by atoms with Crippen LogP contribution in [0, 0.1) is 4.91 Å². The number of benzene rings is 1. The van der Waals surface area contributed by atoms with Gasteiger partial charge >= 0.3 is 12.3 Å². The molecular weight excluding hydrogens is 283 g/mol. The zero-order chi connectivity index (χ0) is 15.2. The summed E-state index contributed by atoms with van der Waals surface area (Å²) in [6.45, 7) is 0. The van der Waals surface area contributed by atoms with Crippen LogP contribution in [0.3, 0.4) is 0 Å². The van der Waals surface area contributed by atoms with Gasteiger partial charge in [-0.3, -0.25) is 0 Å². The lowest BCUT2D eigenvalue weighted by atomic mass is 10.3. The average Bonchev–Trinajstić information content (AvgIpc) is 2.38. The van der Waals surface area contributed by atoms with Crippen LogP contribution in [0.4, 0.5) is 13.2 Å². The van der Waals surface area contributed by atoms with Gasteiger partial charge in [0.2, 0.25) is 5.76 Å². The van der Waals surface area contributed by atoms with Gasteiger partial charge < -0.3 is 14.2 Å². The van der Waals surface area contributed by atoms with Crippen LogP contribution in [0.1, 0.15) is 0 Å². The van der Waals surface area contributed by atoms with Crippen LogP contribution in [0.2, 0.25) is 0 Å². The molecule has 0 atom stereocenters. The minimum atomic E-state index is -4.80. The number of hydrogen-bond donors (Lipinski definition) is 0. The van der Waals surface area contributed by atoms with Crippen molar-refractivity contribution in [3.8, 4) is 11.5 Å². The molecule has 6 nitrogen and oxygen atoms in total. The molecule has 1 aromatic rings. The molecular formula is C11H8F3NO5. The number of methoxy groups -OCH3 is 1. The number of rotatable bonds is 5. The molecule has 0 aliphatic heterocycles. The highest BCUT2D eigenvalue weighted by Crippen LogP contribution is 2.25. The lowest BCUT2D eigenvalue weighted by Crippen LogP contribution is -2.17. The van der Waals surface area contributed by atoms with Crippen molar-refractivity contribution in [3.63, 3.8) is 0 Å². The molecule has 9 heteroatoms. The minimum absolute atomic E-state index is 0.000163. The second-order valence-corrected chi connectivity index (χ2v) is 3.21. The number of esters is 1. The Bertz CT molecular complexity index is 510. The van der Waals surface area contributed by atoms with Crippen molar-refractivity contribution in [2.24, 2.45) is 5.18 Å². The first kappa shape index (κ1) is 15.5. The molecule has 20 heavy (non-hydrogen) atoms. The van der Waals surface area contributed by atoms with E-state index >= 15 is 0 Å². The molecule has 0 N–H and O–H groups in total. The maximum absolute atomic E-state index is 11.9. The first-order valence-electron chi connectivity index (χ1n) is 5.00. The number of ether oxygens (including phenoxy) is 3. The van der Waals surface area contributed by atoms with E-state index in [1.54, 1.807) is 0 Å². The number of carbonyl (C=O) groups excluding carboxylic acids is 1. The quantitative estimate of drug-likeness (QED) is 0.361. The number of halogens is 3. The predicted molar refractivity (Wildman–Crippen MR) is 59.6 cm³/mol. The third-order valence-corrected chi connectivity index (χ3v) is 1.84. The number of hydrogen-bond acceptors (Lipinski definition) is 6. The molecule has 0 aliphatic carbocycles. The molecule has 1 rings (SSSR count). The van der Waals surface area contributed by atoms with Crippen molar-refractivity contribution >= 4 is 5.97 Å². The van der Waals surface area contributed by atoms with Crippen molar-refractivity contribution < 1.29 is 32.2 Å². The largest absolute Gasteiger partial charge is 0.573 e. The van der Waals surface area contributed by atoms with Gasteiger partial charge in [0.15, 0.2) is 0 Å². The fourth-order valence-corrected chi connectivity index (χ4v) is 1.11. The van der Waals surface area contributed by atoms with Gasteiger partial charge in [-0.15, -0.1) is 18.1 Å². The molecule has 1 aromatic carbocycles. The Morgan fingerprint density at radius 2 is 1.75 bits per heavy atom. The number of alkyl halides is 3. The van der Waals surface area contributed by atoms with Gasteiger partial charge in [0, 0.05) is 0 Å². The fraction of sp³-hybridized carbons (Fsp3) is 0.182. The van der Waals surface area contributed by atoms with Crippen molar-refractivity contribution in [1.82, 2.24) is 0 Å². The Balaban J connectivity index is 2.81. The molecule has 0 saturated heterocycles. The van der Waals surface area contributed by atoms with E-state index in [4.69, 9.17) is 4.74 Å². The van der Waals surface area contributed by atoms with Gasteiger partial charge in [-0.1, -0.05) is 0 Å². The molecule has 0 aliphatic rings. The van der Waals surface area contributed by atoms with Gasteiger partial charge in [-0.2, -0.15) is 0 Å². The van der Waals surface area contributed by atoms with E-state index in [-0.39, 0.29) is 5.75 Å². The number of carbonyl (C=O) groups is 1. The summed E-state index contributed by atoms with van der Waals surface area (Å²) in [5.74, 6) is -1.92. The summed E-state index contributed by atoms with van der Waals surface area (Å²) in [4.78, 5) is 21.3. The topological polar surface area (TPSA) is 74.2 Å². The standard InChI is InChI=1S/C11H8F3NO5/c1-18-10(16)9(6-15-17)19-7-2-4-8(5-3-7)20-11(12,13)14/h2-6H,1H3/b9-6+. The lowest BCUT2D eigenvalue weighted by molar-refractivity contribution is -0.274. The highest BCUT2D eigenvalue weighted by atomic mass is 19.4. The van der Waals surface area contributed by atoms with Gasteiger partial charge in [0.25, 0.3) is 0 Å². The fourth-order valence-electron chi connectivity index (χ4n) is 1.11. The third-order valence-electron chi connectivity index (χ3n) is 1.84. The second kappa shape index (κ2) is 6.55. The molecule has 0 saturated carbocycles. The smallest absolute Gasteiger partial charge is 0.463 e. The van der Waals surface area contributed by atoms with Crippen molar-refractivity contribution in [3.05, 3.63) is 41.1 Å². The molecule has 0 heterocycles. The van der Waals surface area contributed by atoms with E-state index < -0.39 is 23.8 Å². The number of nitrogens with zero attached hydrogens (tertiary/aromatic N) is 1. The zero-order valence-corrected chi connectivity index (χ0v) is 10.0. The third kappa shape index (κ3) is 4.96. The van der Waals surface area contributed by atoms with E-state index in [1.807, 2.05) is 0 Å². The molecule has 0 amide bonds. The van der Waals surface area contributed by atoms with Gasteiger partial charge in [0.1, 0.15) is 17.7 Å². The van der Waals surface area contributed by atoms with Gasteiger partial charge in [0.05, 0.1) is 7.11 Å². The van der Waals surface area contributed by atoms with Crippen LogP contribution in [0.25, 0.3) is 0 Å². The lowest BCUT2D eigenvalue weighted by Gasteiger charge is -2.10. The Morgan fingerprint density at radius 1 is 1.20 bits per heavy atom. The van der Waals surface area contributed by atoms with Crippen LogP contribution in [-0.2, 0) is 9.53 Å². The van der Waals surface area contributed by atoms with E-state index in [1.165, 1.54) is 0 Å². The predicted octanol–water partition coefficient (Wildman–Crippen LogP) is 2.74. The summed E-state index contributed by atoms with van der Waals surface area (Å²) in [5, 5.41) is 2.36. The Kier molecular flexibility index (Phi) is 5.07. The van der Waals surface area contributed by atoms with Crippen LogP contribution >= 0.6 is 0 Å². The Labute approximate surface area is 110 Å². The summed E-state index contributed by atoms with van der Waals surface area (Å²) >= 11 is 0. The van der Waals surface area contributed by atoms with E-state index in [2.05, 4.69) is 14.7 Å². The SMILES string of the molecule is COC(=O)/C(=C\N=O)Oc1ccc(OC(F)(F)F)cc1. The summed E-state index contributed by atoms with van der Waals surface area (Å²) in [6.07, 6.45) is -4.23. The molecule has 0 unspecified atom stereocenters. The van der Waals surface area contributed by atoms with Crippen LogP contribution in [-0.4, -0.2) is 19.4 Å². The first-order chi connectivity index (χ1) is 9.35. The minimum Gasteiger partial charge on any atom is -0.463 e. The monoisotopic (exact) mass is 291 g/mol. The first-order valence-corrected chi connectivity index (χ1v) is 5.00. The summed E-state index contributed by atoms with van der Waals surface area (Å²) in [6, 6.07) is 4.18.